The van der Waals surface area contributed by atoms with E-state index in [4.69, 9.17) is 0 Å². The fourth-order valence-corrected chi connectivity index (χ4v) is 5.25. The molecule has 0 aliphatic rings. The van der Waals surface area contributed by atoms with Gasteiger partial charge in [0, 0.05) is 34.3 Å². The van der Waals surface area contributed by atoms with E-state index in [-0.39, 0.29) is 55.8 Å². The van der Waals surface area contributed by atoms with Crippen molar-refractivity contribution in [3.05, 3.63) is 90.3 Å². The Balaban J connectivity index is 1.37. The average Bonchev–Trinajstić information content (AvgIpc) is 2.91. The van der Waals surface area contributed by atoms with Crippen molar-refractivity contribution in [1.29, 1.82) is 0 Å². The van der Waals surface area contributed by atoms with Gasteiger partial charge in [-0.05, 0) is 71.4 Å². The van der Waals surface area contributed by atoms with Crippen LogP contribution in [0.15, 0.2) is 88.7 Å². The number of carbonyl (C=O) groups excluding carboxylic acids is 2. The summed E-state index contributed by atoms with van der Waals surface area (Å²) in [5, 5.41) is 26.3. The molecule has 0 aliphatic carbocycles. The van der Waals surface area contributed by atoms with E-state index in [1.54, 1.807) is 0 Å². The number of hydrogen-bond acceptors (Lipinski definition) is 9. The van der Waals surface area contributed by atoms with Gasteiger partial charge in [-0.3, -0.25) is 18.7 Å². The van der Waals surface area contributed by atoms with E-state index >= 15 is 0 Å². The third kappa shape index (κ3) is 5.84. The number of benzene rings is 4. The molecule has 0 bridgehead atoms. The number of aromatic hydroxyl groups is 2. The van der Waals surface area contributed by atoms with Crippen LogP contribution in [0.3, 0.4) is 0 Å². The van der Waals surface area contributed by atoms with E-state index in [0.717, 1.165) is 24.3 Å². The standard InChI is InChI=1S/C27H19N3O10S2/c31-24-12-18(41(35,36)37)10-14-8-16(4-6-20(14)24)28-26(33)22-2-1-3-23(30-22)27(34)29-17-5-7-21-15(9-17)11-19(13-25(21)32)42(38,39)40/h1-13,31-32H,(H,28,33)(H,29,34)(H,35,36,37)(H,38,39,40). The van der Waals surface area contributed by atoms with Crippen LogP contribution in [-0.4, -0.2) is 53.0 Å². The summed E-state index contributed by atoms with van der Waals surface area (Å²) < 4.78 is 64.6. The predicted molar refractivity (Wildman–Crippen MR) is 151 cm³/mol. The monoisotopic (exact) mass is 609 g/mol. The molecule has 5 rings (SSSR count). The van der Waals surface area contributed by atoms with Crippen molar-refractivity contribution in [1.82, 2.24) is 4.98 Å². The van der Waals surface area contributed by atoms with Crippen molar-refractivity contribution in [2.75, 3.05) is 10.6 Å². The minimum atomic E-state index is -4.59. The third-order valence-electron chi connectivity index (χ3n) is 6.13. The lowest BCUT2D eigenvalue weighted by Gasteiger charge is -2.10. The zero-order valence-corrected chi connectivity index (χ0v) is 22.6. The number of nitrogens with one attached hydrogen (secondary N) is 2. The Bertz CT molecular complexity index is 2010. The zero-order valence-electron chi connectivity index (χ0n) is 21.0. The molecule has 1 heterocycles. The lowest BCUT2D eigenvalue weighted by molar-refractivity contribution is 0.101. The minimum Gasteiger partial charge on any atom is -0.507 e. The number of amides is 2. The van der Waals surface area contributed by atoms with Crippen LogP contribution >= 0.6 is 0 Å². The van der Waals surface area contributed by atoms with Gasteiger partial charge in [0.15, 0.2) is 0 Å². The van der Waals surface area contributed by atoms with Gasteiger partial charge in [0.2, 0.25) is 0 Å². The topological polar surface area (TPSA) is 220 Å². The number of fused-ring (bicyclic) bond motifs is 2. The van der Waals surface area contributed by atoms with Gasteiger partial charge in [-0.1, -0.05) is 6.07 Å². The highest BCUT2D eigenvalue weighted by Crippen LogP contribution is 2.32. The number of nitrogens with zero attached hydrogens (tertiary/aromatic N) is 1. The summed E-state index contributed by atoms with van der Waals surface area (Å²) in [6, 6.07) is 16.7. The van der Waals surface area contributed by atoms with Crippen LogP contribution < -0.4 is 10.6 Å². The molecule has 5 aromatic rings. The van der Waals surface area contributed by atoms with Gasteiger partial charge in [0.05, 0.1) is 9.79 Å². The Morgan fingerprint density at radius 2 is 1.00 bits per heavy atom. The summed E-state index contributed by atoms with van der Waals surface area (Å²) in [4.78, 5) is 28.8. The summed E-state index contributed by atoms with van der Waals surface area (Å²) in [6.45, 7) is 0. The van der Waals surface area contributed by atoms with Gasteiger partial charge in [0.25, 0.3) is 32.1 Å². The van der Waals surface area contributed by atoms with Crippen molar-refractivity contribution in [3.8, 4) is 11.5 Å². The quantitative estimate of drug-likeness (QED) is 0.152. The first-order chi connectivity index (χ1) is 19.7. The smallest absolute Gasteiger partial charge is 0.294 e. The van der Waals surface area contributed by atoms with Crippen LogP contribution in [0.25, 0.3) is 21.5 Å². The highest BCUT2D eigenvalue weighted by atomic mass is 32.2. The Hall–Kier alpha value is -5.09. The first-order valence-corrected chi connectivity index (χ1v) is 14.7. The summed E-state index contributed by atoms with van der Waals surface area (Å²) in [5.74, 6) is -2.20. The second-order valence-electron chi connectivity index (χ2n) is 9.02. The van der Waals surface area contributed by atoms with Crippen LogP contribution in [-0.2, 0) is 20.2 Å². The molecule has 1 aromatic heterocycles. The first-order valence-electron chi connectivity index (χ1n) is 11.8. The number of anilines is 2. The molecule has 0 unspecified atom stereocenters. The van der Waals surface area contributed by atoms with Gasteiger partial charge < -0.3 is 20.8 Å². The van der Waals surface area contributed by atoms with E-state index in [9.17, 15) is 45.7 Å². The number of phenolic OH excluding ortho intramolecular Hbond substituents is 2. The molecule has 0 saturated heterocycles. The normalized spacial score (nSPS) is 11.9. The molecule has 4 aromatic carbocycles. The maximum atomic E-state index is 12.9. The van der Waals surface area contributed by atoms with E-state index in [1.807, 2.05) is 0 Å². The van der Waals surface area contributed by atoms with E-state index < -0.39 is 41.8 Å². The highest BCUT2D eigenvalue weighted by Gasteiger charge is 2.17. The molecular weight excluding hydrogens is 590 g/mol. The lowest BCUT2D eigenvalue weighted by Crippen LogP contribution is -2.18. The summed E-state index contributed by atoms with van der Waals surface area (Å²) in [6.07, 6.45) is 0. The molecule has 214 valence electrons. The van der Waals surface area contributed by atoms with Crippen molar-refractivity contribution in [2.45, 2.75) is 9.79 Å². The molecule has 0 radical (unpaired) electrons. The van der Waals surface area contributed by atoms with Crippen molar-refractivity contribution in [3.63, 3.8) is 0 Å². The predicted octanol–water partition coefficient (Wildman–Crippen LogP) is 3.80. The molecule has 0 fully saturated rings. The summed E-state index contributed by atoms with van der Waals surface area (Å²) >= 11 is 0. The number of aromatic nitrogens is 1. The van der Waals surface area contributed by atoms with Crippen molar-refractivity contribution < 1.29 is 45.7 Å². The Labute approximate surface area is 237 Å². The zero-order chi connectivity index (χ0) is 30.4. The number of phenols is 2. The van der Waals surface area contributed by atoms with Gasteiger partial charge in [-0.2, -0.15) is 16.8 Å². The minimum absolute atomic E-state index is 0.140. The van der Waals surface area contributed by atoms with Gasteiger partial charge in [-0.15, -0.1) is 0 Å². The van der Waals surface area contributed by atoms with Crippen molar-refractivity contribution >= 4 is 65.0 Å². The Morgan fingerprint density at radius 3 is 1.38 bits per heavy atom. The molecule has 42 heavy (non-hydrogen) atoms. The lowest BCUT2D eigenvalue weighted by atomic mass is 10.1. The number of carbonyl (C=O) groups is 2. The van der Waals surface area contributed by atoms with Crippen LogP contribution in [0.4, 0.5) is 11.4 Å². The molecule has 15 heteroatoms. The summed E-state index contributed by atoms with van der Waals surface area (Å²) in [5.41, 5.74) is 0.136. The maximum absolute atomic E-state index is 12.9. The molecule has 0 aliphatic heterocycles. The molecule has 2 amide bonds. The van der Waals surface area contributed by atoms with E-state index in [2.05, 4.69) is 15.6 Å². The third-order valence-corrected chi connectivity index (χ3v) is 7.80. The fraction of sp³-hybridized carbons (Fsp3) is 0. The van der Waals surface area contributed by atoms with Gasteiger partial charge >= 0.3 is 0 Å². The Morgan fingerprint density at radius 1 is 0.595 bits per heavy atom. The molecule has 0 atom stereocenters. The average molecular weight is 610 g/mol. The number of rotatable bonds is 6. The van der Waals surface area contributed by atoms with Gasteiger partial charge in [-0.25, -0.2) is 4.98 Å². The largest absolute Gasteiger partial charge is 0.507 e. The SMILES string of the molecule is O=C(Nc1ccc2c(O)cc(S(=O)(=O)O)cc2c1)c1cccc(C(=O)Nc2ccc3c(O)cc(S(=O)(=O)O)cc3c2)n1. The van der Waals surface area contributed by atoms with Crippen molar-refractivity contribution in [2.24, 2.45) is 0 Å². The molecule has 6 N–H and O–H groups in total. The Kier molecular flexibility index (Phi) is 7.03. The van der Waals surface area contributed by atoms with Gasteiger partial charge in [0.1, 0.15) is 22.9 Å². The molecule has 13 nitrogen and oxygen atoms in total. The maximum Gasteiger partial charge on any atom is 0.294 e. The first kappa shape index (κ1) is 28.4. The second-order valence-corrected chi connectivity index (χ2v) is 11.9. The van der Waals surface area contributed by atoms with Crippen LogP contribution in [0.2, 0.25) is 0 Å². The van der Waals surface area contributed by atoms with Crippen LogP contribution in [0.5, 0.6) is 11.5 Å². The second kappa shape index (κ2) is 10.4. The molecular formula is C27H19N3O10S2. The molecule has 0 saturated carbocycles. The number of hydrogen-bond donors (Lipinski definition) is 6. The number of pyridine rings is 1. The van der Waals surface area contributed by atoms with Crippen LogP contribution in [0.1, 0.15) is 21.0 Å². The highest BCUT2D eigenvalue weighted by molar-refractivity contribution is 7.86. The van der Waals surface area contributed by atoms with Crippen LogP contribution in [0, 0.1) is 0 Å². The van der Waals surface area contributed by atoms with E-state index in [1.165, 1.54) is 54.6 Å². The summed E-state index contributed by atoms with van der Waals surface area (Å²) in [7, 11) is -9.19. The van der Waals surface area contributed by atoms with E-state index in [0.29, 0.717) is 0 Å². The molecule has 0 spiro atoms. The fourth-order valence-electron chi connectivity index (χ4n) is 4.18.